The summed E-state index contributed by atoms with van der Waals surface area (Å²) >= 11 is 4.05. The first-order valence-corrected chi connectivity index (χ1v) is 10.9. The molecule has 3 N–H and O–H groups in total. The standard InChI is InChI=1S/C18H19N5O2S2/c24-16-11-2-1-3-12(20-17(25)21-14-4-6-19-22-14)15(11)13-10-18(5-7-23(13)16)26-8-9-27-18/h1-4,6,13H,5,7-10H2,(H3,19,20,21,22,25). The number of anilines is 2. The van der Waals surface area contributed by atoms with Crippen LogP contribution in [0.2, 0.25) is 0 Å². The maximum absolute atomic E-state index is 12.9. The predicted octanol–water partition coefficient (Wildman–Crippen LogP) is 3.52. The average Bonchev–Trinajstić information content (AvgIpc) is 3.38. The van der Waals surface area contributed by atoms with Crippen LogP contribution in [0.1, 0.15) is 34.8 Å². The summed E-state index contributed by atoms with van der Waals surface area (Å²) in [7, 11) is 0. The number of rotatable bonds is 2. The number of carbonyl (C=O) groups is 2. The van der Waals surface area contributed by atoms with Crippen molar-refractivity contribution >= 4 is 47.0 Å². The molecule has 2 saturated heterocycles. The lowest BCUT2D eigenvalue weighted by Crippen LogP contribution is -2.41. The summed E-state index contributed by atoms with van der Waals surface area (Å²) in [5.41, 5.74) is 2.36. The largest absolute Gasteiger partial charge is 0.331 e. The fourth-order valence-corrected chi connectivity index (χ4v) is 7.45. The highest BCUT2D eigenvalue weighted by Crippen LogP contribution is 2.57. The minimum atomic E-state index is -0.364. The number of hydrogen-bond donors (Lipinski definition) is 3. The second kappa shape index (κ2) is 6.49. The van der Waals surface area contributed by atoms with Gasteiger partial charge < -0.3 is 10.2 Å². The number of urea groups is 1. The van der Waals surface area contributed by atoms with Gasteiger partial charge in [0.05, 0.1) is 10.1 Å². The summed E-state index contributed by atoms with van der Waals surface area (Å²) in [5, 5.41) is 12.2. The number of carbonyl (C=O) groups excluding carboxylic acids is 2. The first kappa shape index (κ1) is 17.0. The molecule has 5 rings (SSSR count). The third kappa shape index (κ3) is 2.89. The first-order valence-electron chi connectivity index (χ1n) is 8.95. The van der Waals surface area contributed by atoms with Crippen LogP contribution in [0.4, 0.5) is 16.3 Å². The van der Waals surface area contributed by atoms with Gasteiger partial charge in [0.15, 0.2) is 5.82 Å². The van der Waals surface area contributed by atoms with Crippen molar-refractivity contribution < 1.29 is 9.59 Å². The van der Waals surface area contributed by atoms with Gasteiger partial charge in [-0.05, 0) is 25.0 Å². The van der Waals surface area contributed by atoms with E-state index in [1.165, 1.54) is 11.5 Å². The van der Waals surface area contributed by atoms with E-state index in [4.69, 9.17) is 0 Å². The van der Waals surface area contributed by atoms with Gasteiger partial charge in [0, 0.05) is 47.1 Å². The topological polar surface area (TPSA) is 90.1 Å². The number of amides is 3. The molecule has 4 heterocycles. The molecule has 3 aliphatic rings. The number of hydrogen-bond acceptors (Lipinski definition) is 5. The number of piperidine rings is 1. The summed E-state index contributed by atoms with van der Waals surface area (Å²) in [6.07, 6.45) is 3.60. The fraction of sp³-hybridized carbons (Fsp3) is 0.389. The molecule has 27 heavy (non-hydrogen) atoms. The Morgan fingerprint density at radius 2 is 2.11 bits per heavy atom. The predicted molar refractivity (Wildman–Crippen MR) is 108 cm³/mol. The number of aromatic amines is 1. The molecule has 2 aromatic rings. The lowest BCUT2D eigenvalue weighted by molar-refractivity contribution is 0.0669. The van der Waals surface area contributed by atoms with Crippen LogP contribution in [-0.4, -0.2) is 49.2 Å². The number of nitrogens with one attached hydrogen (secondary N) is 3. The third-order valence-electron chi connectivity index (χ3n) is 5.35. The molecule has 0 radical (unpaired) electrons. The molecule has 0 saturated carbocycles. The maximum atomic E-state index is 12.9. The fourth-order valence-electron chi connectivity index (χ4n) is 4.19. The summed E-state index contributed by atoms with van der Waals surface area (Å²) < 4.78 is 0.202. The van der Waals surface area contributed by atoms with E-state index < -0.39 is 0 Å². The molecule has 140 valence electrons. The van der Waals surface area contributed by atoms with Crippen molar-refractivity contribution in [2.45, 2.75) is 23.0 Å². The lowest BCUT2D eigenvalue weighted by Gasteiger charge is -2.41. The Morgan fingerprint density at radius 1 is 1.26 bits per heavy atom. The van der Waals surface area contributed by atoms with Gasteiger partial charge in [0.25, 0.3) is 5.91 Å². The highest BCUT2D eigenvalue weighted by Gasteiger charge is 2.49. The average molecular weight is 402 g/mol. The van der Waals surface area contributed by atoms with Gasteiger partial charge in [-0.1, -0.05) is 6.07 Å². The molecule has 3 amide bonds. The number of nitrogens with zero attached hydrogens (tertiary/aromatic N) is 2. The van der Waals surface area contributed by atoms with Gasteiger partial charge in [-0.2, -0.15) is 5.10 Å². The van der Waals surface area contributed by atoms with E-state index in [1.807, 2.05) is 46.6 Å². The van der Waals surface area contributed by atoms with Crippen LogP contribution in [0, 0.1) is 0 Å². The molecule has 0 aliphatic carbocycles. The van der Waals surface area contributed by atoms with Gasteiger partial charge in [0.1, 0.15) is 0 Å². The summed E-state index contributed by atoms with van der Waals surface area (Å²) in [6.45, 7) is 0.775. The smallest absolute Gasteiger partial charge is 0.324 e. The van der Waals surface area contributed by atoms with Gasteiger partial charge >= 0.3 is 6.03 Å². The van der Waals surface area contributed by atoms with Crippen LogP contribution in [0.3, 0.4) is 0 Å². The molecule has 1 aromatic heterocycles. The normalized spacial score (nSPS) is 22.6. The van der Waals surface area contributed by atoms with Crippen LogP contribution in [-0.2, 0) is 0 Å². The van der Waals surface area contributed by atoms with Gasteiger partial charge in [-0.3, -0.25) is 15.2 Å². The van der Waals surface area contributed by atoms with Crippen molar-refractivity contribution in [3.8, 4) is 0 Å². The minimum absolute atomic E-state index is 0.0289. The molecule has 1 unspecified atom stereocenters. The molecular weight excluding hydrogens is 382 g/mol. The molecule has 2 fully saturated rings. The van der Waals surface area contributed by atoms with Crippen molar-refractivity contribution in [3.05, 3.63) is 41.6 Å². The van der Waals surface area contributed by atoms with Crippen LogP contribution in [0.15, 0.2) is 30.5 Å². The van der Waals surface area contributed by atoms with Crippen LogP contribution >= 0.6 is 23.5 Å². The SMILES string of the molecule is O=C(Nc1cc[nH]n1)Nc1cccc2c1C1CC3(CCN1C2=O)SCCS3. The molecular formula is C18H19N5O2S2. The van der Waals surface area contributed by atoms with E-state index >= 15 is 0 Å². The quantitative estimate of drug-likeness (QED) is 0.716. The molecule has 1 spiro atoms. The molecule has 0 bridgehead atoms. The zero-order chi connectivity index (χ0) is 18.4. The summed E-state index contributed by atoms with van der Waals surface area (Å²) in [6, 6.07) is 6.91. The second-order valence-corrected chi connectivity index (χ2v) is 10.1. The van der Waals surface area contributed by atoms with Crippen LogP contribution in [0.5, 0.6) is 0 Å². The van der Waals surface area contributed by atoms with E-state index in [0.717, 1.165) is 24.9 Å². The number of H-pyrrole nitrogens is 1. The Morgan fingerprint density at radius 3 is 2.89 bits per heavy atom. The number of aromatic nitrogens is 2. The minimum Gasteiger partial charge on any atom is -0.331 e. The highest BCUT2D eigenvalue weighted by molar-refractivity contribution is 8.21. The third-order valence-corrected chi connectivity index (χ3v) is 8.92. The van der Waals surface area contributed by atoms with Crippen molar-refractivity contribution in [3.63, 3.8) is 0 Å². The molecule has 1 atom stereocenters. The van der Waals surface area contributed by atoms with E-state index in [-0.39, 0.29) is 22.1 Å². The number of fused-ring (bicyclic) bond motifs is 3. The van der Waals surface area contributed by atoms with E-state index in [0.29, 0.717) is 17.1 Å². The molecule has 1 aromatic carbocycles. The van der Waals surface area contributed by atoms with Crippen molar-refractivity contribution in [2.75, 3.05) is 28.7 Å². The molecule has 9 heteroatoms. The van der Waals surface area contributed by atoms with Crippen LogP contribution in [0.25, 0.3) is 0 Å². The number of thioether (sulfide) groups is 2. The van der Waals surface area contributed by atoms with Gasteiger partial charge in [-0.25, -0.2) is 4.79 Å². The maximum Gasteiger partial charge on any atom is 0.324 e. The summed E-state index contributed by atoms with van der Waals surface area (Å²) in [5.74, 6) is 2.87. The second-order valence-electron chi connectivity index (χ2n) is 6.88. The Bertz CT molecular complexity index is 895. The van der Waals surface area contributed by atoms with E-state index in [1.54, 1.807) is 12.3 Å². The lowest BCUT2D eigenvalue weighted by atomic mass is 9.95. The first-order chi connectivity index (χ1) is 13.2. The monoisotopic (exact) mass is 401 g/mol. The van der Waals surface area contributed by atoms with E-state index in [2.05, 4.69) is 20.8 Å². The van der Waals surface area contributed by atoms with E-state index in [9.17, 15) is 9.59 Å². The van der Waals surface area contributed by atoms with Gasteiger partial charge in [0.2, 0.25) is 0 Å². The summed E-state index contributed by atoms with van der Waals surface area (Å²) in [4.78, 5) is 27.3. The van der Waals surface area contributed by atoms with Crippen molar-refractivity contribution in [1.29, 1.82) is 0 Å². The van der Waals surface area contributed by atoms with Gasteiger partial charge in [-0.15, -0.1) is 23.5 Å². The Labute approximate surface area is 165 Å². The van der Waals surface area contributed by atoms with Crippen LogP contribution < -0.4 is 10.6 Å². The number of benzene rings is 1. The highest BCUT2D eigenvalue weighted by atomic mass is 32.2. The Balaban J connectivity index is 1.44. The zero-order valence-electron chi connectivity index (χ0n) is 14.5. The zero-order valence-corrected chi connectivity index (χ0v) is 16.2. The van der Waals surface area contributed by atoms with Crippen molar-refractivity contribution in [2.24, 2.45) is 0 Å². The Hall–Kier alpha value is -2.13. The Kier molecular flexibility index (Phi) is 4.08. The molecule has 3 aliphatic heterocycles. The van der Waals surface area contributed by atoms with Crippen molar-refractivity contribution in [1.82, 2.24) is 15.1 Å². The molecule has 7 nitrogen and oxygen atoms in total.